The topological polar surface area (TPSA) is 698 Å². The lowest BCUT2D eigenvalue weighted by atomic mass is 10.0. The van der Waals surface area contributed by atoms with Crippen molar-refractivity contribution < 1.29 is 160 Å². The van der Waals surface area contributed by atoms with Crippen molar-refractivity contribution >= 4 is 130 Å². The molecule has 806 valence electrons. The van der Waals surface area contributed by atoms with Crippen LogP contribution in [0.4, 0.5) is 62.9 Å². The molecule has 12 aromatic rings. The van der Waals surface area contributed by atoms with Gasteiger partial charge in [0.25, 0.3) is 60.1 Å². The molecule has 6 aromatic heterocycles. The van der Waals surface area contributed by atoms with Gasteiger partial charge in [-0.05, 0) is 200 Å². The fourth-order valence-electron chi connectivity index (χ4n) is 12.7. The van der Waals surface area contributed by atoms with E-state index in [1.165, 1.54) is 116 Å². The number of anilines is 6. The average molecular weight is 2190 g/mol. The lowest BCUT2D eigenvalue weighted by molar-refractivity contribution is 0.0773. The maximum absolute atomic E-state index is 12.3. The molecule has 47 nitrogen and oxygen atoms in total. The molecule has 53 heteroatoms. The second-order valence-electron chi connectivity index (χ2n) is 36.1. The zero-order valence-corrected chi connectivity index (χ0v) is 88.8. The van der Waals surface area contributed by atoms with Crippen LogP contribution >= 0.6 is 0 Å². The van der Waals surface area contributed by atoms with Crippen molar-refractivity contribution in [3.63, 3.8) is 0 Å². The minimum Gasteiger partial charge on any atom is -0.495 e. The normalized spacial score (nSPS) is 12.6. The van der Waals surface area contributed by atoms with Gasteiger partial charge >= 0.3 is 36.2 Å². The molecule has 12 amide bonds. The molecule has 0 unspecified atom stereocenters. The highest BCUT2D eigenvalue weighted by atomic mass is 32.2. The summed E-state index contributed by atoms with van der Waals surface area (Å²) in [4.78, 5) is 72.1. The Hall–Kier alpha value is -14.9. The second kappa shape index (κ2) is 47.5. The lowest BCUT2D eigenvalue weighted by Gasteiger charge is -2.21. The highest BCUT2D eigenvalue weighted by molar-refractivity contribution is 7.91. The monoisotopic (exact) mass is 2190 g/mol. The molecule has 0 atom stereocenters. The van der Waals surface area contributed by atoms with Gasteiger partial charge in [-0.3, -0.25) is 0 Å². The second-order valence-corrected chi connectivity index (χ2v) is 45.8. The number of aryl methyl sites for hydroxylation is 5. The Balaban J connectivity index is 0.000000199. The van der Waals surface area contributed by atoms with E-state index in [1.54, 1.807) is 98.8 Å². The van der Waals surface area contributed by atoms with Crippen LogP contribution in [-0.4, -0.2) is 151 Å². The Bertz CT molecular complexity index is 7500. The fourth-order valence-corrected chi connectivity index (χ4v) is 17.8. The number of furan rings is 6. The Labute approximate surface area is 858 Å². The number of benzene rings is 6. The molecule has 0 aliphatic carbocycles. The van der Waals surface area contributed by atoms with Crippen molar-refractivity contribution in [3.8, 4) is 28.7 Å². The summed E-state index contributed by atoms with van der Waals surface area (Å²) in [5, 5.41) is 71.0. The minimum absolute atomic E-state index is 0.265. The third-order valence-corrected chi connectivity index (χ3v) is 28.2. The first-order valence-corrected chi connectivity index (χ1v) is 53.4. The Morgan fingerprint density at radius 2 is 0.604 bits per heavy atom. The summed E-state index contributed by atoms with van der Waals surface area (Å²) in [6.07, 6.45) is 8.23. The van der Waals surface area contributed by atoms with Crippen LogP contribution in [0.1, 0.15) is 157 Å². The molecule has 0 bridgehead atoms. The molecule has 2 aliphatic rings. The standard InChI is InChI=1S/C17H22N2O6S.C16H18N2O7S.C16H18N2O6S.2C16H20N2O5S.C15H18N2O6S/c1-5-11-6-7-14(24-4)13(8-11)18-16(20)19-26(22,23)15-9-12(10-25-15)17(2,3)21;1-16(2,20)10-8-13(25-9-10)26(21,22)18-15(19)17-11-4-3-5-12-14(11)24-7-6-23-12;1-16(2,20)11-8-13(24-9-11)25(21,22)18-15(19)17-12-5-3-4-10-6-7-23-14(10)12;1-10-5-6-13(11(2)7-10)17-15(19)18-24(21,22)14-8-12(9-23-14)16(3,4)20;1-10-5-6-11(2)13(7-10)17-15(19)18-24(21,22)14-8-12(9-23-14)16(3,4)20;1-15(2,19)10-8-13(23-9-10)24(20,21)17-14(18)16-11-6-4-5-7-12(11)22-3/h6-10,21H,5H2,1-4H3,(H2,18,19,20);3-5,8-9,20H,6-7H2,1-2H3,(H2,17,18,19);3-5,8-9,20H,6-7H2,1-2H3,(H2,17,18,19);2*5-9,20H,1-4H3,(H2,17,18,19);4-9,19H,1-3H3,(H2,16,17,18). The van der Waals surface area contributed by atoms with Crippen molar-refractivity contribution in [2.45, 2.75) is 195 Å². The zero-order valence-electron chi connectivity index (χ0n) is 83.9. The van der Waals surface area contributed by atoms with Crippen LogP contribution in [0.25, 0.3) is 0 Å². The first-order chi connectivity index (χ1) is 69.0. The van der Waals surface area contributed by atoms with Gasteiger partial charge in [0.15, 0.2) is 11.5 Å². The van der Waals surface area contributed by atoms with Gasteiger partial charge in [-0.2, -0.15) is 50.5 Å². The summed E-state index contributed by atoms with van der Waals surface area (Å²) in [7, 11) is -22.4. The first kappa shape index (κ1) is 118. The number of carbonyl (C=O) groups is 6. The van der Waals surface area contributed by atoms with Gasteiger partial charge in [-0.15, -0.1) is 0 Å². The summed E-state index contributed by atoms with van der Waals surface area (Å²) < 4.78 is 214. The summed E-state index contributed by atoms with van der Waals surface area (Å²) >= 11 is 0. The number of rotatable bonds is 27. The molecule has 18 N–H and O–H groups in total. The van der Waals surface area contributed by atoms with Crippen LogP contribution < -0.4 is 83.9 Å². The highest BCUT2D eigenvalue weighted by Crippen LogP contribution is 2.40. The van der Waals surface area contributed by atoms with Crippen LogP contribution in [0.15, 0.2) is 246 Å². The predicted octanol–water partition coefficient (Wildman–Crippen LogP) is 13.6. The Morgan fingerprint density at radius 3 is 0.960 bits per heavy atom. The van der Waals surface area contributed by atoms with Crippen molar-refractivity contribution in [1.82, 2.24) is 28.3 Å². The van der Waals surface area contributed by atoms with Crippen LogP contribution in [-0.2, 0) is 107 Å². The molecule has 0 saturated carbocycles. The van der Waals surface area contributed by atoms with E-state index in [1.807, 2.05) is 79.4 Å². The maximum atomic E-state index is 12.3. The molecular weight excluding hydrogens is 2070 g/mol. The van der Waals surface area contributed by atoms with Gasteiger partial charge in [-0.1, -0.05) is 73.2 Å². The molecule has 0 radical (unpaired) electrons. The maximum Gasteiger partial charge on any atom is 0.333 e. The average Bonchev–Trinajstić information content (AvgIpc) is 1.80. The van der Waals surface area contributed by atoms with Crippen molar-refractivity contribution in [2.24, 2.45) is 0 Å². The molecule has 6 aromatic carbocycles. The number of urea groups is 6. The molecular formula is C96H116N12O35S6. The number of amides is 12. The number of hydrogen-bond donors (Lipinski definition) is 18. The lowest BCUT2D eigenvalue weighted by Crippen LogP contribution is -2.34. The number of ether oxygens (including phenoxy) is 5. The van der Waals surface area contributed by atoms with E-state index in [-0.39, 0.29) is 39.1 Å². The molecule has 8 heterocycles. The van der Waals surface area contributed by atoms with E-state index in [0.717, 1.165) is 102 Å². The number of carbonyl (C=O) groups excluding carboxylic acids is 6. The number of aliphatic hydroxyl groups is 6. The SMILES string of the molecule is CC(C)(O)c1coc(S(=O)(=O)NC(=O)Nc2cccc3c2OCC3)c1.CC(C)(O)c1coc(S(=O)(=O)NC(=O)Nc2cccc3c2OCCO3)c1.CCc1ccc(OC)c(NC(=O)NS(=O)(=O)c2cc(C(C)(C)O)co2)c1.COc1ccccc1NC(=O)NS(=O)(=O)c1cc(C(C)(C)O)co1.Cc1ccc(C)c(NC(=O)NS(=O)(=O)c2cc(C(C)(C)O)co2)c1.Cc1ccc(NC(=O)NS(=O)(=O)c2cc(C(C)(C)O)co2)c(C)c1. The molecule has 2 aliphatic heterocycles. The Kier molecular flexibility index (Phi) is 37.5. The zero-order chi connectivity index (χ0) is 111. The fraction of sp³-hybridized carbons (Fsp3) is 0.312. The van der Waals surface area contributed by atoms with Gasteiger partial charge in [-0.25, -0.2) is 57.1 Å². The summed E-state index contributed by atoms with van der Waals surface area (Å²) in [6.45, 7) is 28.4. The molecule has 0 fully saturated rings. The summed E-state index contributed by atoms with van der Waals surface area (Å²) in [5.41, 5.74) is 1.88. The van der Waals surface area contributed by atoms with Gasteiger partial charge in [0, 0.05) is 87.6 Å². The van der Waals surface area contributed by atoms with Crippen LogP contribution in [0.5, 0.6) is 28.7 Å². The Morgan fingerprint density at radius 1 is 0.302 bits per heavy atom. The summed E-state index contributed by atoms with van der Waals surface area (Å²) in [6, 6.07) is 34.0. The van der Waals surface area contributed by atoms with Crippen LogP contribution in [0, 0.1) is 27.7 Å². The van der Waals surface area contributed by atoms with E-state index in [9.17, 15) is 110 Å². The van der Waals surface area contributed by atoms with Crippen molar-refractivity contribution in [1.29, 1.82) is 0 Å². The van der Waals surface area contributed by atoms with Crippen LogP contribution in [0.2, 0.25) is 0 Å². The van der Waals surface area contributed by atoms with Gasteiger partial charge in [0.2, 0.25) is 30.6 Å². The predicted molar refractivity (Wildman–Crippen MR) is 540 cm³/mol. The molecule has 0 saturated heterocycles. The number of hydrogen-bond acceptors (Lipinski definition) is 35. The van der Waals surface area contributed by atoms with E-state index in [0.29, 0.717) is 77.0 Å². The van der Waals surface area contributed by atoms with E-state index in [2.05, 4.69) is 31.9 Å². The van der Waals surface area contributed by atoms with Gasteiger partial charge in [0.05, 0.1) is 115 Å². The quantitative estimate of drug-likeness (QED) is 0.0227. The van der Waals surface area contributed by atoms with E-state index < -0.39 is 160 Å². The number of methoxy groups -OCH3 is 2. The van der Waals surface area contributed by atoms with Crippen molar-refractivity contribution in [2.75, 3.05) is 65.9 Å². The number of para-hydroxylation sites is 4. The largest absolute Gasteiger partial charge is 0.495 e. The van der Waals surface area contributed by atoms with E-state index >= 15 is 0 Å². The third-order valence-electron chi connectivity index (χ3n) is 21.0. The molecule has 0 spiro atoms. The third kappa shape index (κ3) is 33.3. The number of nitrogens with one attached hydrogen (secondary N) is 12. The van der Waals surface area contributed by atoms with Gasteiger partial charge < -0.3 is 113 Å². The van der Waals surface area contributed by atoms with Gasteiger partial charge in [0.1, 0.15) is 30.5 Å². The van der Waals surface area contributed by atoms with Crippen LogP contribution in [0.3, 0.4) is 0 Å². The molecule has 14 rings (SSSR count). The minimum atomic E-state index is -4.25. The van der Waals surface area contributed by atoms with Crippen molar-refractivity contribution in [3.05, 3.63) is 256 Å². The number of fused-ring (bicyclic) bond motifs is 2. The first-order valence-electron chi connectivity index (χ1n) is 44.5. The smallest absolute Gasteiger partial charge is 0.333 e. The summed E-state index contributed by atoms with van der Waals surface area (Å²) in [5.74, 6) is 2.10. The highest BCUT2D eigenvalue weighted by Gasteiger charge is 2.35. The molecule has 149 heavy (non-hydrogen) atoms. The van der Waals surface area contributed by atoms with E-state index in [4.69, 9.17) is 50.2 Å². The number of sulfonamides is 6.